The van der Waals surface area contributed by atoms with Gasteiger partial charge >= 0.3 is 6.03 Å². The van der Waals surface area contributed by atoms with Gasteiger partial charge in [0.2, 0.25) is 17.7 Å². The summed E-state index contributed by atoms with van der Waals surface area (Å²) in [5.74, 6) is -1.63. The van der Waals surface area contributed by atoms with Gasteiger partial charge in [0.05, 0.1) is 23.2 Å². The molecule has 5 heterocycles. The molecule has 0 unspecified atom stereocenters. The molecule has 5 aromatic rings. The molecule has 0 spiro atoms. The number of hydrogen-bond acceptors (Lipinski definition) is 9. The molecule has 5 aliphatic rings. The number of aryl methyl sites for hydroxylation is 1. The van der Waals surface area contributed by atoms with E-state index < -0.39 is 35.1 Å². The van der Waals surface area contributed by atoms with Crippen molar-refractivity contribution in [3.05, 3.63) is 118 Å². The number of imide groups is 1. The van der Waals surface area contributed by atoms with E-state index in [-0.39, 0.29) is 63.4 Å². The number of nitrogens with one attached hydrogen (secondary N) is 2. The Balaban J connectivity index is 0.723. The summed E-state index contributed by atoms with van der Waals surface area (Å²) in [4.78, 5) is 57.1. The van der Waals surface area contributed by atoms with E-state index in [1.807, 2.05) is 61.3 Å². The van der Waals surface area contributed by atoms with E-state index in [4.69, 9.17) is 26.8 Å². The van der Waals surface area contributed by atoms with Crippen molar-refractivity contribution in [1.29, 1.82) is 0 Å². The number of halogens is 3. The van der Waals surface area contributed by atoms with Crippen LogP contribution in [0.2, 0.25) is 5.02 Å². The summed E-state index contributed by atoms with van der Waals surface area (Å²) >= 11 is 6.68. The molecule has 1 aromatic heterocycles. The maximum absolute atomic E-state index is 16.2. The minimum Gasteiger partial charge on any atom is -0.494 e. The standard InChI is InChI=1S/C55H61ClF2N8O6/c1-32-46-44(30-41(57)49(56)48(46)47-40(51(59)68)15-16-43(71-3)50(47)58)72-55(32,37-7-5-4-6-8-37)22-23-60-38-12-9-35(10-13-38)53(69)65-26-17-33(18-27-65)31-64-24-19-34(20-25-64)36-11-14-39-42(29-36)63(2)62-52(39)66-28-21-45(67)61-54(66)70/h4-8,11,14-16,22-23,29-30,32-35,38,60H,9-10,12-13,17-21,24-28,31H2,1-3H3,(H2,59,68)(H,61,67,70)/b23-22-/t32-,35?,38?,55-/m0/s1. The lowest BCUT2D eigenvalue weighted by molar-refractivity contribution is -0.138. The molecule has 0 radical (unpaired) electrons. The van der Waals surface area contributed by atoms with E-state index in [1.54, 1.807) is 4.90 Å². The molecular weight excluding hydrogens is 942 g/mol. The molecule has 14 nitrogen and oxygen atoms in total. The molecule has 1 aliphatic carbocycles. The quantitative estimate of drug-likeness (QED) is 0.111. The van der Waals surface area contributed by atoms with Crippen LogP contribution in [0.3, 0.4) is 0 Å². The van der Waals surface area contributed by atoms with Crippen LogP contribution in [0.15, 0.2) is 79.0 Å². The fourth-order valence-electron chi connectivity index (χ4n) is 12.0. The molecule has 1 saturated carbocycles. The number of benzene rings is 4. The first-order chi connectivity index (χ1) is 34.7. The zero-order chi connectivity index (χ0) is 50.4. The van der Waals surface area contributed by atoms with Crippen molar-refractivity contribution < 1.29 is 37.4 Å². The van der Waals surface area contributed by atoms with Crippen molar-refractivity contribution >= 4 is 52.1 Å². The Morgan fingerprint density at radius 2 is 1.68 bits per heavy atom. The Morgan fingerprint density at radius 1 is 0.944 bits per heavy atom. The number of nitrogens with zero attached hydrogens (tertiary/aromatic N) is 5. The molecule has 72 heavy (non-hydrogen) atoms. The fraction of sp³-hybridized carbons (Fsp3) is 0.436. The normalized spacial score (nSPS) is 23.3. The van der Waals surface area contributed by atoms with Crippen molar-refractivity contribution in [3.8, 4) is 22.6 Å². The SMILES string of the molecule is COc1ccc(C(N)=O)c(-c2c(Cl)c(F)cc3c2[C@H](C)[C@@](/C=C\NC2CCC(C(=O)N4CCC(CN5CCC(c6ccc7c(N8CCC(=O)NC8=O)nn(C)c7c6)CC5)CC4)CC2)(c2ccccc2)O3)c1F. The molecule has 5 amide bonds. The van der Waals surface area contributed by atoms with Crippen LogP contribution in [0, 0.1) is 23.5 Å². The van der Waals surface area contributed by atoms with Gasteiger partial charge in [-0.3, -0.25) is 29.3 Å². The van der Waals surface area contributed by atoms with Crippen molar-refractivity contribution in [1.82, 2.24) is 30.2 Å². The zero-order valence-corrected chi connectivity index (χ0v) is 41.7. The highest BCUT2D eigenvalue weighted by Gasteiger charge is 2.49. The number of nitrogens with two attached hydrogens (primary N) is 1. The minimum absolute atomic E-state index is 0.0154. The number of methoxy groups -OCH3 is 1. The smallest absolute Gasteiger partial charge is 0.329 e. The van der Waals surface area contributed by atoms with E-state index in [1.165, 1.54) is 30.9 Å². The Kier molecular flexibility index (Phi) is 13.8. The number of piperidine rings is 2. The number of rotatable bonds is 12. The maximum atomic E-state index is 16.2. The molecule has 4 N–H and O–H groups in total. The number of carbonyl (C=O) groups excluding carboxylic acids is 4. The van der Waals surface area contributed by atoms with Gasteiger partial charge in [-0.05, 0) is 124 Å². The minimum atomic E-state index is -1.18. The number of urea groups is 1. The number of fused-ring (bicyclic) bond motifs is 2. The van der Waals surface area contributed by atoms with Gasteiger partial charge in [-0.25, -0.2) is 13.6 Å². The summed E-state index contributed by atoms with van der Waals surface area (Å²) in [6, 6.07) is 19.5. The highest BCUT2D eigenvalue weighted by Crippen LogP contribution is 2.57. The zero-order valence-electron chi connectivity index (χ0n) is 40.9. The predicted octanol–water partition coefficient (Wildman–Crippen LogP) is 8.90. The molecule has 0 bridgehead atoms. The molecule has 17 heteroatoms. The van der Waals surface area contributed by atoms with Gasteiger partial charge in [0, 0.05) is 85.7 Å². The lowest BCUT2D eigenvalue weighted by Crippen LogP contribution is -2.49. The Bertz CT molecular complexity index is 2940. The predicted molar refractivity (Wildman–Crippen MR) is 271 cm³/mol. The number of hydrogen-bond donors (Lipinski definition) is 3. The molecule has 3 saturated heterocycles. The molecule has 4 aromatic carbocycles. The first-order valence-electron chi connectivity index (χ1n) is 25.2. The topological polar surface area (TPSA) is 164 Å². The molecule has 2 atom stereocenters. The summed E-state index contributed by atoms with van der Waals surface area (Å²) in [6.07, 6.45) is 11.4. The highest BCUT2D eigenvalue weighted by atomic mass is 35.5. The van der Waals surface area contributed by atoms with Crippen molar-refractivity contribution in [2.75, 3.05) is 51.3 Å². The van der Waals surface area contributed by atoms with Gasteiger partial charge in [0.15, 0.2) is 23.0 Å². The third-order valence-electron chi connectivity index (χ3n) is 16.1. The van der Waals surface area contributed by atoms with Gasteiger partial charge < -0.3 is 30.3 Å². The monoisotopic (exact) mass is 1000 g/mol. The molecule has 4 aliphatic heterocycles. The van der Waals surface area contributed by atoms with Crippen LogP contribution in [-0.4, -0.2) is 95.8 Å². The van der Waals surface area contributed by atoms with Crippen molar-refractivity contribution in [2.24, 2.45) is 24.6 Å². The number of ether oxygens (including phenoxy) is 2. The second-order valence-corrected chi connectivity index (χ2v) is 20.6. The first-order valence-corrected chi connectivity index (χ1v) is 25.6. The van der Waals surface area contributed by atoms with Crippen LogP contribution in [-0.2, 0) is 22.2 Å². The van der Waals surface area contributed by atoms with Gasteiger partial charge in [-0.2, -0.15) is 5.10 Å². The van der Waals surface area contributed by atoms with Gasteiger partial charge in [0.1, 0.15) is 11.6 Å². The van der Waals surface area contributed by atoms with E-state index in [0.29, 0.717) is 29.8 Å². The molecule has 4 fully saturated rings. The third kappa shape index (κ3) is 9.16. The highest BCUT2D eigenvalue weighted by molar-refractivity contribution is 6.34. The van der Waals surface area contributed by atoms with Gasteiger partial charge in [-0.1, -0.05) is 54.9 Å². The summed E-state index contributed by atoms with van der Waals surface area (Å²) in [7, 11) is 3.19. The van der Waals surface area contributed by atoms with Crippen LogP contribution < -0.4 is 30.7 Å². The van der Waals surface area contributed by atoms with E-state index >= 15 is 8.78 Å². The van der Waals surface area contributed by atoms with Crippen molar-refractivity contribution in [2.45, 2.75) is 88.2 Å². The number of amides is 5. The van der Waals surface area contributed by atoms with Crippen molar-refractivity contribution in [3.63, 3.8) is 0 Å². The number of aromatic nitrogens is 2. The first kappa shape index (κ1) is 49.1. The summed E-state index contributed by atoms with van der Waals surface area (Å²) in [5, 5.41) is 11.2. The third-order valence-corrected chi connectivity index (χ3v) is 16.4. The lowest BCUT2D eigenvalue weighted by atomic mass is 9.77. The van der Waals surface area contributed by atoms with E-state index in [2.05, 4.69) is 43.7 Å². The van der Waals surface area contributed by atoms with Gasteiger partial charge in [0.25, 0.3) is 0 Å². The van der Waals surface area contributed by atoms with E-state index in [0.717, 1.165) is 101 Å². The largest absolute Gasteiger partial charge is 0.494 e. The average molecular weight is 1000 g/mol. The molecule has 378 valence electrons. The Labute approximate surface area is 422 Å². The maximum Gasteiger partial charge on any atom is 0.329 e. The molecular formula is C55H61ClF2N8O6. The summed E-state index contributed by atoms with van der Waals surface area (Å²) in [5.41, 5.74) is 7.57. The number of primary amides is 1. The van der Waals surface area contributed by atoms with E-state index in [9.17, 15) is 19.2 Å². The van der Waals surface area contributed by atoms with Gasteiger partial charge in [-0.15, -0.1) is 0 Å². The Hall–Kier alpha value is -6.52. The number of likely N-dealkylation sites (tertiary alicyclic amines) is 2. The lowest BCUT2D eigenvalue weighted by Gasteiger charge is -2.39. The summed E-state index contributed by atoms with van der Waals surface area (Å²) < 4.78 is 45.7. The summed E-state index contributed by atoms with van der Waals surface area (Å²) in [6.45, 7) is 6.90. The number of carbonyl (C=O) groups is 4. The second-order valence-electron chi connectivity index (χ2n) is 20.2. The average Bonchev–Trinajstić information content (AvgIpc) is 3.86. The number of anilines is 1. The molecule has 10 rings (SSSR count). The van der Waals surface area contributed by atoms with Crippen LogP contribution in [0.4, 0.5) is 19.4 Å². The van der Waals surface area contributed by atoms with Crippen LogP contribution in [0.25, 0.3) is 22.0 Å². The van der Waals surface area contributed by atoms with Crippen LogP contribution in [0.1, 0.15) is 104 Å². The fourth-order valence-corrected chi connectivity index (χ4v) is 12.3. The van der Waals surface area contributed by atoms with Crippen LogP contribution in [0.5, 0.6) is 11.5 Å². The van der Waals surface area contributed by atoms with Crippen LogP contribution >= 0.6 is 11.6 Å². The Morgan fingerprint density at radius 3 is 2.38 bits per heavy atom. The second kappa shape index (κ2) is 20.2.